The summed E-state index contributed by atoms with van der Waals surface area (Å²) in [6.07, 6.45) is -1.04. The Balaban J connectivity index is 1.56. The molecule has 2 rings (SSSR count). The van der Waals surface area contributed by atoms with Crippen LogP contribution >= 0.6 is 0 Å². The highest BCUT2D eigenvalue weighted by molar-refractivity contribution is 5.70. The molecular weight excluding hydrogens is 508 g/mol. The first-order valence-electron chi connectivity index (χ1n) is 13.4. The fourth-order valence-corrected chi connectivity index (χ4v) is 3.78. The second kappa shape index (κ2) is 15.2. The van der Waals surface area contributed by atoms with Gasteiger partial charge in [-0.3, -0.25) is 0 Å². The van der Waals surface area contributed by atoms with Crippen LogP contribution in [0.4, 0.5) is 9.59 Å². The number of carbonyl (C=O) groups is 2. The predicted octanol–water partition coefficient (Wildman–Crippen LogP) is 6.41. The molecule has 0 aliphatic heterocycles. The first-order chi connectivity index (χ1) is 18.8. The molecule has 0 spiro atoms. The molecule has 0 atom stereocenters. The average molecular weight is 553 g/mol. The van der Waals surface area contributed by atoms with Crippen LogP contribution in [0.1, 0.15) is 63.8 Å². The van der Waals surface area contributed by atoms with Gasteiger partial charge in [-0.15, -0.1) is 0 Å². The molecule has 0 unspecified atom stereocenters. The molecule has 0 saturated heterocycles. The summed E-state index contributed by atoms with van der Waals surface area (Å²) in [7, 11) is 0. The number of hydrogen-bond acceptors (Lipinski definition) is 6. The Morgan fingerprint density at radius 1 is 0.650 bits per heavy atom. The summed E-state index contributed by atoms with van der Waals surface area (Å²) in [6.45, 7) is 20.8. The van der Waals surface area contributed by atoms with Crippen molar-refractivity contribution in [2.45, 2.75) is 52.6 Å². The molecule has 0 radical (unpaired) electrons. The summed E-state index contributed by atoms with van der Waals surface area (Å²) < 4.78 is 21.4. The zero-order valence-corrected chi connectivity index (χ0v) is 24.7. The zero-order chi connectivity index (χ0) is 29.8. The van der Waals surface area contributed by atoms with Gasteiger partial charge in [0.2, 0.25) is 0 Å². The number of alkyl carbamates (subject to hydrolysis) is 2. The van der Waals surface area contributed by atoms with Gasteiger partial charge < -0.3 is 29.6 Å². The molecule has 8 heteroatoms. The van der Waals surface area contributed by atoms with Crippen LogP contribution in [0.25, 0.3) is 11.1 Å². The van der Waals surface area contributed by atoms with Gasteiger partial charge in [-0.2, -0.15) is 0 Å². The van der Waals surface area contributed by atoms with Crippen LogP contribution in [0.15, 0.2) is 61.7 Å². The van der Waals surface area contributed by atoms with Gasteiger partial charge in [0.15, 0.2) is 0 Å². The lowest BCUT2D eigenvalue weighted by Gasteiger charge is -2.27. The highest BCUT2D eigenvalue weighted by atomic mass is 16.6. The van der Waals surface area contributed by atoms with Crippen molar-refractivity contribution in [3.05, 3.63) is 83.9 Å². The molecule has 0 aliphatic rings. The van der Waals surface area contributed by atoms with Crippen molar-refractivity contribution in [1.29, 1.82) is 0 Å². The third-order valence-electron chi connectivity index (χ3n) is 6.28. The Hall–Kier alpha value is -3.62. The average Bonchev–Trinajstić information content (AvgIpc) is 2.89. The molecular formula is C32H44N2O6. The molecule has 2 N–H and O–H groups in total. The molecule has 218 valence electrons. The number of rotatable bonds is 15. The van der Waals surface area contributed by atoms with Gasteiger partial charge in [0.1, 0.15) is 13.2 Å². The summed E-state index contributed by atoms with van der Waals surface area (Å²) in [5.74, 6) is 0. The van der Waals surface area contributed by atoms with E-state index in [2.05, 4.69) is 23.8 Å². The van der Waals surface area contributed by atoms with Gasteiger partial charge in [-0.25, -0.2) is 9.59 Å². The van der Waals surface area contributed by atoms with E-state index in [1.54, 1.807) is 0 Å². The van der Waals surface area contributed by atoms with E-state index in [0.717, 1.165) is 33.4 Å². The van der Waals surface area contributed by atoms with Crippen LogP contribution < -0.4 is 10.6 Å². The molecule has 2 aromatic rings. The van der Waals surface area contributed by atoms with E-state index in [1.165, 1.54) is 0 Å². The lowest BCUT2D eigenvalue weighted by molar-refractivity contribution is 0.0143. The Morgan fingerprint density at radius 3 is 1.35 bits per heavy atom. The molecule has 0 aromatic heterocycles. The molecule has 0 fully saturated rings. The number of benzene rings is 2. The fourth-order valence-electron chi connectivity index (χ4n) is 3.78. The zero-order valence-electron chi connectivity index (χ0n) is 24.7. The minimum absolute atomic E-state index is 0.113. The maximum absolute atomic E-state index is 12.2. The van der Waals surface area contributed by atoms with Crippen molar-refractivity contribution in [3.8, 4) is 0 Å². The molecule has 2 aromatic carbocycles. The van der Waals surface area contributed by atoms with E-state index >= 15 is 0 Å². The lowest BCUT2D eigenvalue weighted by Crippen LogP contribution is -2.41. The van der Waals surface area contributed by atoms with Crippen LogP contribution in [-0.2, 0) is 30.0 Å². The Labute approximate surface area is 238 Å². The highest BCUT2D eigenvalue weighted by Crippen LogP contribution is 2.24. The highest BCUT2D eigenvalue weighted by Gasteiger charge is 2.25. The van der Waals surface area contributed by atoms with Gasteiger partial charge in [-0.1, -0.05) is 60.7 Å². The minimum atomic E-state index is -0.609. The lowest BCUT2D eigenvalue weighted by atomic mass is 9.92. The van der Waals surface area contributed by atoms with E-state index in [1.807, 2.05) is 90.1 Å². The van der Waals surface area contributed by atoms with E-state index in [4.69, 9.17) is 18.9 Å². The first kappa shape index (κ1) is 32.6. The number of amides is 2. The largest absolute Gasteiger partial charge is 0.447 e. The van der Waals surface area contributed by atoms with E-state index < -0.39 is 23.3 Å². The summed E-state index contributed by atoms with van der Waals surface area (Å²) >= 11 is 0. The van der Waals surface area contributed by atoms with Crippen molar-refractivity contribution < 1.29 is 28.5 Å². The molecule has 8 nitrogen and oxygen atoms in total. The normalized spacial score (nSPS) is 11.4. The molecule has 0 saturated carbocycles. The van der Waals surface area contributed by atoms with Crippen molar-refractivity contribution >= 4 is 23.3 Å². The number of allylic oxidation sites excluding steroid dienone is 2. The van der Waals surface area contributed by atoms with Crippen molar-refractivity contribution in [3.63, 3.8) is 0 Å². The van der Waals surface area contributed by atoms with Crippen LogP contribution in [0.2, 0.25) is 0 Å². The van der Waals surface area contributed by atoms with Gasteiger partial charge in [0.05, 0.1) is 37.5 Å². The summed E-state index contributed by atoms with van der Waals surface area (Å²) in [5, 5.41) is 5.76. The monoisotopic (exact) mass is 552 g/mol. The second-order valence-electron chi connectivity index (χ2n) is 10.7. The van der Waals surface area contributed by atoms with E-state index in [9.17, 15) is 9.59 Å². The summed E-state index contributed by atoms with van der Waals surface area (Å²) in [5.41, 5.74) is 4.66. The summed E-state index contributed by atoms with van der Waals surface area (Å²) in [4.78, 5) is 24.5. The number of carbonyl (C=O) groups excluding carboxylic acids is 2. The predicted molar refractivity (Wildman–Crippen MR) is 159 cm³/mol. The smallest absolute Gasteiger partial charge is 0.407 e. The molecule has 0 aliphatic carbocycles. The third-order valence-corrected chi connectivity index (χ3v) is 6.28. The standard InChI is InChI=1S/C32H44N2O6/c1-23(2)25-11-9-13-27(21-25)31(5,6)33-29(35)39-19-17-37-15-16-38-18-20-40-30(36)34-32(7,8)28-14-10-12-26(22-28)24(3)4/h9-14,21-22H,1,3,15-20H2,2,4-8H3,(H,33,35)(H,34,36). The minimum Gasteiger partial charge on any atom is -0.447 e. The van der Waals surface area contributed by atoms with E-state index in [-0.39, 0.29) is 26.4 Å². The Bertz CT molecular complexity index is 1080. The quantitative estimate of drug-likeness (QED) is 0.248. The van der Waals surface area contributed by atoms with Gasteiger partial charge in [-0.05, 0) is 75.9 Å². The SMILES string of the molecule is C=C(C)c1cccc(C(C)(C)NC(=O)OCCOCCOCCOC(=O)NC(C)(C)c2cccc(C(=C)C)c2)c1. The van der Waals surface area contributed by atoms with Crippen LogP contribution in [-0.4, -0.2) is 51.8 Å². The Morgan fingerprint density at radius 2 is 1.00 bits per heavy atom. The number of nitrogens with one attached hydrogen (secondary N) is 2. The maximum atomic E-state index is 12.2. The van der Waals surface area contributed by atoms with Gasteiger partial charge >= 0.3 is 12.2 Å². The number of ether oxygens (including phenoxy) is 4. The van der Waals surface area contributed by atoms with Crippen LogP contribution in [0.5, 0.6) is 0 Å². The van der Waals surface area contributed by atoms with Crippen LogP contribution in [0.3, 0.4) is 0 Å². The summed E-state index contributed by atoms with van der Waals surface area (Å²) in [6, 6.07) is 15.8. The molecule has 0 bridgehead atoms. The fraction of sp³-hybridized carbons (Fsp3) is 0.438. The topological polar surface area (TPSA) is 95.1 Å². The van der Waals surface area contributed by atoms with Gasteiger partial charge in [0, 0.05) is 0 Å². The van der Waals surface area contributed by atoms with Crippen molar-refractivity contribution in [2.75, 3.05) is 39.6 Å². The van der Waals surface area contributed by atoms with Gasteiger partial charge in [0.25, 0.3) is 0 Å². The third kappa shape index (κ3) is 10.9. The van der Waals surface area contributed by atoms with Crippen molar-refractivity contribution in [2.24, 2.45) is 0 Å². The van der Waals surface area contributed by atoms with Crippen LogP contribution in [0, 0.1) is 0 Å². The number of hydrogen-bond donors (Lipinski definition) is 2. The first-order valence-corrected chi connectivity index (χ1v) is 13.4. The second-order valence-corrected chi connectivity index (χ2v) is 10.7. The molecule has 40 heavy (non-hydrogen) atoms. The van der Waals surface area contributed by atoms with E-state index in [0.29, 0.717) is 13.2 Å². The molecule has 0 heterocycles. The molecule has 2 amide bonds. The Kier molecular flexibility index (Phi) is 12.4. The maximum Gasteiger partial charge on any atom is 0.407 e. The van der Waals surface area contributed by atoms with Crippen molar-refractivity contribution in [1.82, 2.24) is 10.6 Å².